The lowest BCUT2D eigenvalue weighted by Crippen LogP contribution is -2.43. The van der Waals surface area contributed by atoms with Crippen molar-refractivity contribution in [2.45, 2.75) is 12.5 Å². The second-order valence-corrected chi connectivity index (χ2v) is 9.25. The molecule has 1 unspecified atom stereocenters. The van der Waals surface area contributed by atoms with Gasteiger partial charge in [0.2, 0.25) is 10.0 Å². The molecule has 9 heteroatoms. The molecule has 1 atom stereocenters. The maximum Gasteiger partial charge on any atom is 0.212 e. The predicted octanol–water partition coefficient (Wildman–Crippen LogP) is -0.936. The summed E-state index contributed by atoms with van der Waals surface area (Å²) in [6, 6.07) is 0. The molecule has 0 aliphatic rings. The minimum Gasteiger partial charge on any atom is -0.388 e. The molecular formula is C8H19NO5S3. The SMILES string of the molecule is CSCC(C)(O)CNS(=O)(=O)CCS(C)(=O)=O. The molecule has 0 heterocycles. The molecule has 0 amide bonds. The molecule has 0 radical (unpaired) electrons. The van der Waals surface area contributed by atoms with Gasteiger partial charge >= 0.3 is 0 Å². The van der Waals surface area contributed by atoms with E-state index < -0.39 is 37.0 Å². The molecule has 6 nitrogen and oxygen atoms in total. The maximum absolute atomic E-state index is 11.4. The Labute approximate surface area is 107 Å². The largest absolute Gasteiger partial charge is 0.388 e. The van der Waals surface area contributed by atoms with Crippen molar-refractivity contribution in [3.05, 3.63) is 0 Å². The summed E-state index contributed by atoms with van der Waals surface area (Å²) in [5.41, 5.74) is -1.14. The van der Waals surface area contributed by atoms with E-state index in [1.54, 1.807) is 6.26 Å². The number of thioether (sulfide) groups is 1. The van der Waals surface area contributed by atoms with Crippen LogP contribution >= 0.6 is 11.8 Å². The minimum atomic E-state index is -3.66. The van der Waals surface area contributed by atoms with Gasteiger partial charge in [-0.2, -0.15) is 11.8 Å². The zero-order valence-electron chi connectivity index (χ0n) is 10.1. The third-order valence-corrected chi connectivity index (χ3v) is 5.29. The van der Waals surface area contributed by atoms with Gasteiger partial charge in [-0.05, 0) is 13.2 Å². The Kier molecular flexibility index (Phi) is 6.43. The molecule has 17 heavy (non-hydrogen) atoms. The summed E-state index contributed by atoms with van der Waals surface area (Å²) in [4.78, 5) is 0. The molecule has 0 aromatic heterocycles. The van der Waals surface area contributed by atoms with E-state index in [1.165, 1.54) is 18.7 Å². The van der Waals surface area contributed by atoms with Crippen LogP contribution in [0.1, 0.15) is 6.92 Å². The van der Waals surface area contributed by atoms with Crippen LogP contribution in [-0.2, 0) is 19.9 Å². The molecular weight excluding hydrogens is 286 g/mol. The van der Waals surface area contributed by atoms with Gasteiger partial charge in [-0.3, -0.25) is 0 Å². The van der Waals surface area contributed by atoms with E-state index in [9.17, 15) is 21.9 Å². The molecule has 0 bridgehead atoms. The Morgan fingerprint density at radius 1 is 1.24 bits per heavy atom. The van der Waals surface area contributed by atoms with Gasteiger partial charge in [-0.25, -0.2) is 21.6 Å². The Hall–Kier alpha value is 0.170. The first-order chi connectivity index (χ1) is 7.47. The van der Waals surface area contributed by atoms with Gasteiger partial charge in [-0.1, -0.05) is 0 Å². The lowest BCUT2D eigenvalue weighted by Gasteiger charge is -2.22. The summed E-state index contributed by atoms with van der Waals surface area (Å²) in [7, 11) is -6.97. The first-order valence-electron chi connectivity index (χ1n) is 4.84. The number of sulfonamides is 1. The van der Waals surface area contributed by atoms with Crippen LogP contribution in [-0.4, -0.2) is 63.9 Å². The highest BCUT2D eigenvalue weighted by Crippen LogP contribution is 2.09. The first-order valence-corrected chi connectivity index (χ1v) is 9.94. The topological polar surface area (TPSA) is 101 Å². The average molecular weight is 305 g/mol. The van der Waals surface area contributed by atoms with Gasteiger partial charge in [0.05, 0.1) is 17.1 Å². The highest BCUT2D eigenvalue weighted by molar-refractivity contribution is 7.98. The summed E-state index contributed by atoms with van der Waals surface area (Å²) in [6.07, 6.45) is 2.78. The smallest absolute Gasteiger partial charge is 0.212 e. The van der Waals surface area contributed by atoms with Gasteiger partial charge in [0, 0.05) is 18.6 Å². The standard InChI is InChI=1S/C8H19NO5S3/c1-8(10,7-15-2)6-9-17(13,14)5-4-16(3,11)12/h9-10H,4-7H2,1-3H3. The van der Waals surface area contributed by atoms with E-state index in [0.29, 0.717) is 5.75 Å². The van der Waals surface area contributed by atoms with E-state index in [4.69, 9.17) is 0 Å². The predicted molar refractivity (Wildman–Crippen MR) is 70.5 cm³/mol. The second-order valence-electron chi connectivity index (χ2n) is 4.20. The monoisotopic (exact) mass is 305 g/mol. The molecule has 2 N–H and O–H groups in total. The lowest BCUT2D eigenvalue weighted by atomic mass is 10.1. The van der Waals surface area contributed by atoms with E-state index in [1.807, 2.05) is 0 Å². The lowest BCUT2D eigenvalue weighted by molar-refractivity contribution is 0.0909. The Morgan fingerprint density at radius 2 is 1.76 bits per heavy atom. The third kappa shape index (κ3) is 9.83. The van der Waals surface area contributed by atoms with Crippen LogP contribution in [0.5, 0.6) is 0 Å². The second kappa shape index (κ2) is 6.37. The summed E-state index contributed by atoms with van der Waals surface area (Å²) >= 11 is 1.40. The summed E-state index contributed by atoms with van der Waals surface area (Å²) in [5, 5.41) is 9.74. The highest BCUT2D eigenvalue weighted by Gasteiger charge is 2.23. The summed E-state index contributed by atoms with van der Waals surface area (Å²) in [5.74, 6) is -0.518. The van der Waals surface area contributed by atoms with Crippen molar-refractivity contribution < 1.29 is 21.9 Å². The van der Waals surface area contributed by atoms with Crippen LogP contribution in [0.15, 0.2) is 0 Å². The molecule has 0 rings (SSSR count). The first kappa shape index (κ1) is 17.2. The van der Waals surface area contributed by atoms with Crippen molar-refractivity contribution in [2.75, 3.05) is 36.3 Å². The van der Waals surface area contributed by atoms with Crippen molar-refractivity contribution in [2.24, 2.45) is 0 Å². The van der Waals surface area contributed by atoms with Gasteiger partial charge in [0.25, 0.3) is 0 Å². The third-order valence-electron chi connectivity index (χ3n) is 1.85. The number of hydrogen-bond acceptors (Lipinski definition) is 6. The molecule has 0 aromatic rings. The van der Waals surface area contributed by atoms with Gasteiger partial charge in [0.1, 0.15) is 9.84 Å². The van der Waals surface area contributed by atoms with E-state index >= 15 is 0 Å². The quantitative estimate of drug-likeness (QED) is 0.600. The maximum atomic E-state index is 11.4. The van der Waals surface area contributed by atoms with E-state index in [-0.39, 0.29) is 6.54 Å². The van der Waals surface area contributed by atoms with Crippen molar-refractivity contribution in [3.63, 3.8) is 0 Å². The van der Waals surface area contributed by atoms with Gasteiger partial charge in [-0.15, -0.1) is 0 Å². The fourth-order valence-corrected chi connectivity index (χ4v) is 4.45. The molecule has 0 fully saturated rings. The summed E-state index contributed by atoms with van der Waals surface area (Å²) < 4.78 is 46.7. The van der Waals surface area contributed by atoms with Crippen LogP contribution in [0.25, 0.3) is 0 Å². The van der Waals surface area contributed by atoms with E-state index in [0.717, 1.165) is 6.26 Å². The van der Waals surface area contributed by atoms with Crippen molar-refractivity contribution in [1.29, 1.82) is 0 Å². The van der Waals surface area contributed by atoms with Crippen molar-refractivity contribution in [1.82, 2.24) is 4.72 Å². The number of aliphatic hydroxyl groups is 1. The van der Waals surface area contributed by atoms with Crippen LogP contribution in [0.3, 0.4) is 0 Å². The van der Waals surface area contributed by atoms with Crippen LogP contribution in [0.2, 0.25) is 0 Å². The van der Waals surface area contributed by atoms with Crippen LogP contribution in [0.4, 0.5) is 0 Å². The fraction of sp³-hybridized carbons (Fsp3) is 1.00. The Bertz CT molecular complexity index is 426. The van der Waals surface area contributed by atoms with Crippen molar-refractivity contribution >= 4 is 31.6 Å². The Morgan fingerprint density at radius 3 is 2.18 bits per heavy atom. The van der Waals surface area contributed by atoms with Gasteiger partial charge < -0.3 is 5.11 Å². The zero-order valence-corrected chi connectivity index (χ0v) is 12.6. The molecule has 0 saturated carbocycles. The minimum absolute atomic E-state index is 0.125. The fourth-order valence-electron chi connectivity index (χ4n) is 0.961. The number of nitrogens with one attached hydrogen (secondary N) is 1. The van der Waals surface area contributed by atoms with Crippen LogP contribution in [0, 0.1) is 0 Å². The summed E-state index contributed by atoms with van der Waals surface area (Å²) in [6.45, 7) is 1.39. The van der Waals surface area contributed by atoms with E-state index in [2.05, 4.69) is 4.72 Å². The highest BCUT2D eigenvalue weighted by atomic mass is 32.2. The van der Waals surface area contributed by atoms with Crippen molar-refractivity contribution in [3.8, 4) is 0 Å². The molecule has 0 aromatic carbocycles. The average Bonchev–Trinajstić information content (AvgIpc) is 2.12. The molecule has 0 aliphatic heterocycles. The number of hydrogen-bond donors (Lipinski definition) is 2. The Balaban J connectivity index is 4.29. The van der Waals surface area contributed by atoms with Gasteiger partial charge in [0.15, 0.2) is 0 Å². The molecule has 0 spiro atoms. The number of rotatable bonds is 8. The zero-order chi connectivity index (χ0) is 13.7. The molecule has 0 saturated heterocycles. The number of sulfone groups is 1. The van der Waals surface area contributed by atoms with Crippen LogP contribution < -0.4 is 4.72 Å². The molecule has 104 valence electrons. The molecule has 0 aliphatic carbocycles. The normalized spacial score (nSPS) is 16.7.